The number of benzene rings is 2. The highest BCUT2D eigenvalue weighted by Gasteiger charge is 2.22. The van der Waals surface area contributed by atoms with E-state index in [0.29, 0.717) is 26.9 Å². The molecule has 156 valence electrons. The fourth-order valence-electron chi connectivity index (χ4n) is 3.80. The molecule has 0 bridgehead atoms. The minimum Gasteiger partial charge on any atom is -0.497 e. The van der Waals surface area contributed by atoms with Crippen LogP contribution in [-0.2, 0) is 0 Å². The Bertz CT molecular complexity index is 1090. The van der Waals surface area contributed by atoms with Crippen molar-refractivity contribution in [3.63, 3.8) is 0 Å². The molecular weight excluding hydrogens is 420 g/mol. The average Bonchev–Trinajstić information content (AvgIpc) is 3.10. The normalized spacial score (nSPS) is 14.5. The van der Waals surface area contributed by atoms with Gasteiger partial charge in [0, 0.05) is 16.1 Å². The van der Waals surface area contributed by atoms with Gasteiger partial charge in [0.15, 0.2) is 0 Å². The molecule has 3 aromatic rings. The molecule has 4 rings (SSSR count). The molecule has 1 fully saturated rings. The molecule has 1 aliphatic rings. The lowest BCUT2D eigenvalue weighted by molar-refractivity contribution is 0.0928. The number of hydrogen-bond donors (Lipinski definition) is 2. The van der Waals surface area contributed by atoms with Crippen molar-refractivity contribution in [1.82, 2.24) is 5.32 Å². The Labute approximate surface area is 184 Å². The number of thiophene rings is 1. The van der Waals surface area contributed by atoms with Crippen molar-refractivity contribution in [2.24, 2.45) is 0 Å². The van der Waals surface area contributed by atoms with Crippen LogP contribution in [0.25, 0.3) is 10.1 Å². The van der Waals surface area contributed by atoms with E-state index in [4.69, 9.17) is 16.3 Å². The number of carbonyl (C=O) groups excluding carboxylic acids is 2. The van der Waals surface area contributed by atoms with Crippen LogP contribution >= 0.6 is 22.9 Å². The molecule has 1 aromatic heterocycles. The van der Waals surface area contributed by atoms with Gasteiger partial charge in [-0.15, -0.1) is 11.3 Å². The Morgan fingerprint density at radius 2 is 1.83 bits per heavy atom. The quantitative estimate of drug-likeness (QED) is 0.518. The minimum atomic E-state index is -0.335. The number of anilines is 1. The van der Waals surface area contributed by atoms with Gasteiger partial charge in [0.25, 0.3) is 11.8 Å². The third-order valence-corrected chi connectivity index (χ3v) is 7.06. The van der Waals surface area contributed by atoms with Gasteiger partial charge >= 0.3 is 0 Å². The first-order valence-electron chi connectivity index (χ1n) is 10.0. The van der Waals surface area contributed by atoms with E-state index in [0.717, 1.165) is 35.8 Å². The number of amides is 2. The molecule has 0 aliphatic heterocycles. The van der Waals surface area contributed by atoms with Crippen molar-refractivity contribution in [3.05, 3.63) is 57.9 Å². The lowest BCUT2D eigenvalue weighted by atomic mass is 9.95. The average molecular weight is 443 g/mol. The zero-order valence-corrected chi connectivity index (χ0v) is 18.2. The molecule has 5 nitrogen and oxygen atoms in total. The number of ether oxygens (including phenoxy) is 1. The van der Waals surface area contributed by atoms with Crippen LogP contribution in [0.15, 0.2) is 42.5 Å². The molecule has 1 heterocycles. The zero-order valence-electron chi connectivity index (χ0n) is 16.7. The van der Waals surface area contributed by atoms with E-state index in [1.165, 1.54) is 17.8 Å². The maximum Gasteiger partial charge on any atom is 0.267 e. The molecule has 0 spiro atoms. The van der Waals surface area contributed by atoms with Gasteiger partial charge in [-0.3, -0.25) is 9.59 Å². The Morgan fingerprint density at radius 3 is 2.60 bits per heavy atom. The van der Waals surface area contributed by atoms with Gasteiger partial charge in [0.2, 0.25) is 0 Å². The minimum absolute atomic E-state index is 0.162. The number of rotatable bonds is 5. The van der Waals surface area contributed by atoms with Crippen molar-refractivity contribution < 1.29 is 14.3 Å². The first-order chi connectivity index (χ1) is 14.6. The summed E-state index contributed by atoms with van der Waals surface area (Å²) >= 11 is 7.77. The molecule has 2 N–H and O–H groups in total. The fraction of sp³-hybridized carbons (Fsp3) is 0.304. The zero-order chi connectivity index (χ0) is 21.1. The summed E-state index contributed by atoms with van der Waals surface area (Å²) in [4.78, 5) is 26.2. The van der Waals surface area contributed by atoms with Crippen LogP contribution in [0.3, 0.4) is 0 Å². The first kappa shape index (κ1) is 20.7. The van der Waals surface area contributed by atoms with Gasteiger partial charge < -0.3 is 15.4 Å². The summed E-state index contributed by atoms with van der Waals surface area (Å²) in [5.41, 5.74) is 0.928. The number of nitrogens with one attached hydrogen (secondary N) is 2. The molecule has 0 radical (unpaired) electrons. The van der Waals surface area contributed by atoms with E-state index in [1.54, 1.807) is 31.4 Å². The maximum absolute atomic E-state index is 13.0. The molecule has 7 heteroatoms. The van der Waals surface area contributed by atoms with E-state index < -0.39 is 0 Å². The molecule has 1 aliphatic carbocycles. The molecule has 2 amide bonds. The van der Waals surface area contributed by atoms with E-state index in [1.807, 2.05) is 18.2 Å². The Morgan fingerprint density at radius 1 is 1.07 bits per heavy atom. The third kappa shape index (κ3) is 4.30. The summed E-state index contributed by atoms with van der Waals surface area (Å²) < 4.78 is 6.12. The van der Waals surface area contributed by atoms with Crippen LogP contribution in [0.4, 0.5) is 5.69 Å². The van der Waals surface area contributed by atoms with Gasteiger partial charge in [-0.2, -0.15) is 0 Å². The number of carbonyl (C=O) groups is 2. The van der Waals surface area contributed by atoms with Gasteiger partial charge in [-0.1, -0.05) is 43.0 Å². The first-order valence-corrected chi connectivity index (χ1v) is 11.2. The van der Waals surface area contributed by atoms with Crippen molar-refractivity contribution in [2.45, 2.75) is 38.1 Å². The van der Waals surface area contributed by atoms with Gasteiger partial charge in [-0.05, 0) is 43.2 Å². The molecule has 2 aromatic carbocycles. The Balaban J connectivity index is 1.56. The van der Waals surface area contributed by atoms with Crippen LogP contribution in [0.5, 0.6) is 5.75 Å². The third-order valence-electron chi connectivity index (χ3n) is 5.40. The lowest BCUT2D eigenvalue weighted by Crippen LogP contribution is -2.36. The van der Waals surface area contributed by atoms with Gasteiger partial charge in [0.1, 0.15) is 10.6 Å². The number of halogens is 1. The summed E-state index contributed by atoms with van der Waals surface area (Å²) in [6, 6.07) is 12.8. The molecular formula is C23H23ClN2O3S. The highest BCUT2D eigenvalue weighted by atomic mass is 35.5. The highest BCUT2D eigenvalue weighted by Crippen LogP contribution is 2.37. The summed E-state index contributed by atoms with van der Waals surface area (Å²) in [6.07, 6.45) is 5.50. The van der Waals surface area contributed by atoms with Crippen LogP contribution in [-0.4, -0.2) is 25.0 Å². The van der Waals surface area contributed by atoms with E-state index >= 15 is 0 Å². The Kier molecular flexibility index (Phi) is 6.25. The number of para-hydroxylation sites is 1. The lowest BCUT2D eigenvalue weighted by Gasteiger charge is -2.23. The van der Waals surface area contributed by atoms with E-state index in [9.17, 15) is 9.59 Å². The topological polar surface area (TPSA) is 67.4 Å². The smallest absolute Gasteiger partial charge is 0.267 e. The van der Waals surface area contributed by atoms with Gasteiger partial charge in [0.05, 0.1) is 23.4 Å². The maximum atomic E-state index is 13.0. The second kappa shape index (κ2) is 9.06. The molecule has 30 heavy (non-hydrogen) atoms. The number of fused-ring (bicyclic) bond motifs is 1. The second-order valence-corrected chi connectivity index (χ2v) is 8.85. The van der Waals surface area contributed by atoms with Crippen molar-refractivity contribution in [1.29, 1.82) is 0 Å². The van der Waals surface area contributed by atoms with Crippen LogP contribution in [0, 0.1) is 0 Å². The summed E-state index contributed by atoms with van der Waals surface area (Å²) in [5, 5.41) is 7.18. The van der Waals surface area contributed by atoms with Crippen molar-refractivity contribution >= 4 is 50.5 Å². The van der Waals surface area contributed by atoms with E-state index in [-0.39, 0.29) is 17.9 Å². The largest absolute Gasteiger partial charge is 0.497 e. The Hall–Kier alpha value is -2.57. The SMILES string of the molecule is COc1ccc2c(Cl)c(C(=O)Nc3ccccc3C(=O)NC3CCCCC3)sc2c1. The molecule has 0 saturated heterocycles. The summed E-state index contributed by atoms with van der Waals surface area (Å²) in [7, 11) is 1.60. The standard InChI is InChI=1S/C23H23ClN2O3S/c1-29-15-11-12-17-19(13-15)30-21(20(17)24)23(28)26-18-10-6-5-9-16(18)22(27)25-14-7-3-2-4-8-14/h5-6,9-14H,2-4,7-8H2,1H3,(H,25,27)(H,26,28). The van der Waals surface area contributed by atoms with Gasteiger partial charge in [-0.25, -0.2) is 0 Å². The molecule has 0 unspecified atom stereocenters. The number of methoxy groups -OCH3 is 1. The summed E-state index contributed by atoms with van der Waals surface area (Å²) in [5.74, 6) is 0.208. The molecule has 0 atom stereocenters. The monoisotopic (exact) mass is 442 g/mol. The highest BCUT2D eigenvalue weighted by molar-refractivity contribution is 7.21. The van der Waals surface area contributed by atoms with Crippen LogP contribution in [0.2, 0.25) is 5.02 Å². The molecule has 1 saturated carbocycles. The predicted molar refractivity (Wildman–Crippen MR) is 122 cm³/mol. The van der Waals surface area contributed by atoms with Crippen LogP contribution < -0.4 is 15.4 Å². The van der Waals surface area contributed by atoms with E-state index in [2.05, 4.69) is 10.6 Å². The van der Waals surface area contributed by atoms with Crippen LogP contribution in [0.1, 0.15) is 52.1 Å². The summed E-state index contributed by atoms with van der Waals surface area (Å²) in [6.45, 7) is 0. The number of hydrogen-bond acceptors (Lipinski definition) is 4. The van der Waals surface area contributed by atoms with Crippen molar-refractivity contribution in [3.8, 4) is 5.75 Å². The fourth-order valence-corrected chi connectivity index (χ4v) is 5.24. The second-order valence-electron chi connectivity index (χ2n) is 7.42. The van der Waals surface area contributed by atoms with Crippen molar-refractivity contribution in [2.75, 3.05) is 12.4 Å². The predicted octanol–water partition coefficient (Wildman–Crippen LogP) is 5.88.